The molecule has 0 unspecified atom stereocenters. The first-order chi connectivity index (χ1) is 11.0. The Morgan fingerprint density at radius 1 is 1.39 bits per heavy atom. The largest absolute Gasteiger partial charge is 0.480 e. The lowest BCUT2D eigenvalue weighted by Gasteiger charge is -2.30. The van der Waals surface area contributed by atoms with Crippen molar-refractivity contribution in [1.29, 1.82) is 0 Å². The Kier molecular flexibility index (Phi) is 4.56. The highest BCUT2D eigenvalue weighted by Crippen LogP contribution is 2.24. The van der Waals surface area contributed by atoms with Gasteiger partial charge in [0.05, 0.1) is 36.5 Å². The van der Waals surface area contributed by atoms with Crippen molar-refractivity contribution in [3.05, 3.63) is 16.4 Å². The number of halogens is 1. The third kappa shape index (κ3) is 3.34. The van der Waals surface area contributed by atoms with Crippen molar-refractivity contribution in [2.75, 3.05) is 39.4 Å². The summed E-state index contributed by atoms with van der Waals surface area (Å²) in [6.07, 6.45) is 0. The van der Waals surface area contributed by atoms with Crippen LogP contribution in [0.2, 0.25) is 5.02 Å². The molecule has 126 valence electrons. The summed E-state index contributed by atoms with van der Waals surface area (Å²) < 4.78 is 5.64. The van der Waals surface area contributed by atoms with Crippen LogP contribution in [0.25, 0.3) is 0 Å². The zero-order valence-electron chi connectivity index (χ0n) is 12.8. The van der Waals surface area contributed by atoms with E-state index in [0.717, 1.165) is 0 Å². The molecule has 0 spiro atoms. The highest BCUT2D eigenvalue weighted by molar-refractivity contribution is 6.34. The number of aliphatic carboxylic acids is 1. The third-order valence-corrected chi connectivity index (χ3v) is 4.70. The minimum absolute atomic E-state index is 0.0305. The fourth-order valence-corrected chi connectivity index (χ4v) is 3.37. The van der Waals surface area contributed by atoms with Crippen molar-refractivity contribution >= 4 is 23.5 Å². The molecule has 2 saturated heterocycles. The van der Waals surface area contributed by atoms with E-state index in [1.165, 1.54) is 0 Å². The quantitative estimate of drug-likeness (QED) is 0.816. The fraction of sp³-hybridized carbons (Fsp3) is 0.643. The average Bonchev–Trinajstić information content (AvgIpc) is 2.65. The molecule has 1 amide bonds. The van der Waals surface area contributed by atoms with Gasteiger partial charge in [-0.25, -0.2) is 0 Å². The van der Waals surface area contributed by atoms with Crippen molar-refractivity contribution < 1.29 is 19.4 Å². The van der Waals surface area contributed by atoms with Crippen LogP contribution in [0, 0.1) is 12.8 Å². The summed E-state index contributed by atoms with van der Waals surface area (Å²) in [5.41, 5.74) is 0.859. The number of amides is 1. The molecule has 23 heavy (non-hydrogen) atoms. The van der Waals surface area contributed by atoms with Gasteiger partial charge in [-0.05, 0) is 6.92 Å². The van der Waals surface area contributed by atoms with E-state index in [9.17, 15) is 9.59 Å². The van der Waals surface area contributed by atoms with Crippen LogP contribution in [0.3, 0.4) is 0 Å². The number of H-pyrrole nitrogens is 1. The second-order valence-electron chi connectivity index (χ2n) is 6.11. The standard InChI is InChI=1S/C14H19ClN4O4/c1-8-12(15)13(17-16-8)14(22)19-3-9-2-18(5-11(20)21)4-10(19)7-23-6-9/h9-10H,2-7H2,1H3,(H,16,17)(H,20,21)/t9-,10-/m0/s1. The SMILES string of the molecule is Cc1[nH]nc(C(=O)N2C[C@H]3COC[C@@H]2CN(CC(=O)O)C3)c1Cl. The van der Waals surface area contributed by atoms with Gasteiger partial charge in [-0.1, -0.05) is 11.6 Å². The van der Waals surface area contributed by atoms with Gasteiger partial charge in [-0.15, -0.1) is 0 Å². The smallest absolute Gasteiger partial charge is 0.317 e. The van der Waals surface area contributed by atoms with Crippen LogP contribution < -0.4 is 0 Å². The molecule has 2 aliphatic rings. The van der Waals surface area contributed by atoms with E-state index in [-0.39, 0.29) is 30.1 Å². The van der Waals surface area contributed by atoms with E-state index in [1.807, 2.05) is 4.90 Å². The van der Waals surface area contributed by atoms with Gasteiger partial charge in [-0.2, -0.15) is 5.10 Å². The summed E-state index contributed by atoms with van der Waals surface area (Å²) in [7, 11) is 0. The predicted molar refractivity (Wildman–Crippen MR) is 81.5 cm³/mol. The van der Waals surface area contributed by atoms with E-state index < -0.39 is 5.97 Å². The summed E-state index contributed by atoms with van der Waals surface area (Å²) in [4.78, 5) is 27.4. The number of carboxylic acid groups (broad SMARTS) is 1. The number of ether oxygens (including phenoxy) is 1. The second kappa shape index (κ2) is 6.46. The first-order valence-electron chi connectivity index (χ1n) is 7.49. The summed E-state index contributed by atoms with van der Waals surface area (Å²) in [6, 6.07) is -0.206. The number of aromatic nitrogens is 2. The van der Waals surface area contributed by atoms with E-state index in [4.69, 9.17) is 21.4 Å². The maximum Gasteiger partial charge on any atom is 0.317 e. The Bertz CT molecular complexity index is 620. The molecule has 0 aliphatic carbocycles. The van der Waals surface area contributed by atoms with Gasteiger partial charge in [0.1, 0.15) is 0 Å². The molecule has 1 aromatic rings. The highest BCUT2D eigenvalue weighted by Gasteiger charge is 2.37. The number of hydrogen-bond donors (Lipinski definition) is 2. The summed E-state index contributed by atoms with van der Waals surface area (Å²) in [5, 5.41) is 16.1. The Morgan fingerprint density at radius 2 is 2.17 bits per heavy atom. The minimum atomic E-state index is -0.866. The first kappa shape index (κ1) is 16.2. The van der Waals surface area contributed by atoms with Crippen LogP contribution in [0.15, 0.2) is 0 Å². The zero-order valence-corrected chi connectivity index (χ0v) is 13.5. The van der Waals surface area contributed by atoms with Crippen molar-refractivity contribution in [3.8, 4) is 0 Å². The third-order valence-electron chi connectivity index (χ3n) is 4.24. The van der Waals surface area contributed by atoms with Gasteiger partial charge in [0, 0.05) is 25.6 Å². The number of nitrogens with zero attached hydrogens (tertiary/aromatic N) is 3. The van der Waals surface area contributed by atoms with Crippen molar-refractivity contribution in [2.45, 2.75) is 13.0 Å². The van der Waals surface area contributed by atoms with Gasteiger partial charge in [0.15, 0.2) is 5.69 Å². The van der Waals surface area contributed by atoms with E-state index in [0.29, 0.717) is 43.6 Å². The molecule has 1 aromatic heterocycles. The van der Waals surface area contributed by atoms with Gasteiger partial charge in [-0.3, -0.25) is 19.6 Å². The van der Waals surface area contributed by atoms with Crippen LogP contribution >= 0.6 is 11.6 Å². The zero-order chi connectivity index (χ0) is 16.6. The molecule has 2 N–H and O–H groups in total. The van der Waals surface area contributed by atoms with Crippen LogP contribution in [0.4, 0.5) is 0 Å². The van der Waals surface area contributed by atoms with Gasteiger partial charge >= 0.3 is 5.97 Å². The Balaban J connectivity index is 1.83. The summed E-state index contributed by atoms with van der Waals surface area (Å²) >= 11 is 6.14. The molecule has 0 aromatic carbocycles. The van der Waals surface area contributed by atoms with Crippen LogP contribution in [-0.2, 0) is 9.53 Å². The molecule has 0 saturated carbocycles. The van der Waals surface area contributed by atoms with Crippen LogP contribution in [0.5, 0.6) is 0 Å². The molecule has 3 heterocycles. The Morgan fingerprint density at radius 3 is 2.83 bits per heavy atom. The molecule has 0 radical (unpaired) electrons. The van der Waals surface area contributed by atoms with E-state index in [2.05, 4.69) is 10.2 Å². The number of rotatable bonds is 3. The number of fused-ring (bicyclic) bond motifs is 3. The maximum atomic E-state index is 12.8. The molecule has 2 bridgehead atoms. The highest BCUT2D eigenvalue weighted by atomic mass is 35.5. The van der Waals surface area contributed by atoms with Crippen molar-refractivity contribution in [1.82, 2.24) is 20.0 Å². The summed E-state index contributed by atoms with van der Waals surface area (Å²) in [6.45, 7) is 4.21. The van der Waals surface area contributed by atoms with Gasteiger partial charge in [0.25, 0.3) is 5.91 Å². The molecule has 2 aliphatic heterocycles. The van der Waals surface area contributed by atoms with E-state index in [1.54, 1.807) is 11.8 Å². The minimum Gasteiger partial charge on any atom is -0.480 e. The number of nitrogens with one attached hydrogen (secondary N) is 1. The maximum absolute atomic E-state index is 12.8. The summed E-state index contributed by atoms with van der Waals surface area (Å²) in [5.74, 6) is -1.03. The number of aryl methyl sites for hydroxylation is 1. The lowest BCUT2D eigenvalue weighted by Crippen LogP contribution is -2.47. The monoisotopic (exact) mass is 342 g/mol. The Hall–Kier alpha value is -1.64. The average molecular weight is 343 g/mol. The number of hydrogen-bond acceptors (Lipinski definition) is 5. The normalized spacial score (nSPS) is 25.2. The van der Waals surface area contributed by atoms with E-state index >= 15 is 0 Å². The predicted octanol–water partition coefficient (Wildman–Crippen LogP) is 0.229. The van der Waals surface area contributed by atoms with Crippen LogP contribution in [0.1, 0.15) is 16.2 Å². The van der Waals surface area contributed by atoms with Gasteiger partial charge in [0.2, 0.25) is 0 Å². The topological polar surface area (TPSA) is 98.8 Å². The molecule has 3 rings (SSSR count). The second-order valence-corrected chi connectivity index (χ2v) is 6.49. The van der Waals surface area contributed by atoms with Crippen molar-refractivity contribution in [3.63, 3.8) is 0 Å². The first-order valence-corrected chi connectivity index (χ1v) is 7.86. The molecule has 9 heteroatoms. The van der Waals surface area contributed by atoms with Gasteiger partial charge < -0.3 is 14.7 Å². The number of carboxylic acids is 1. The van der Waals surface area contributed by atoms with Crippen molar-refractivity contribution in [2.24, 2.45) is 5.92 Å². The lowest BCUT2D eigenvalue weighted by atomic mass is 10.1. The molecule has 8 nitrogen and oxygen atoms in total. The lowest BCUT2D eigenvalue weighted by molar-refractivity contribution is -0.138. The molecular formula is C14H19ClN4O4. The number of carbonyl (C=O) groups excluding carboxylic acids is 1. The number of carbonyl (C=O) groups is 2. The molecular weight excluding hydrogens is 324 g/mol. The molecule has 2 fully saturated rings. The number of aromatic amines is 1. The fourth-order valence-electron chi connectivity index (χ4n) is 3.20. The molecule has 2 atom stereocenters. The Labute approximate surface area is 138 Å². The van der Waals surface area contributed by atoms with Crippen LogP contribution in [-0.4, -0.2) is 82.4 Å².